The molecule has 1 aliphatic carbocycles. The van der Waals surface area contributed by atoms with E-state index in [1.54, 1.807) is 0 Å². The van der Waals surface area contributed by atoms with E-state index in [1.165, 1.54) is 18.4 Å². The molecule has 0 atom stereocenters. The van der Waals surface area contributed by atoms with E-state index < -0.39 is 0 Å². The van der Waals surface area contributed by atoms with Crippen molar-refractivity contribution in [1.82, 2.24) is 4.98 Å². The summed E-state index contributed by atoms with van der Waals surface area (Å²) in [4.78, 5) is 4.56. The molecule has 1 aromatic heterocycles. The normalized spacial score (nSPS) is 27.7. The molecule has 1 aromatic rings. The monoisotopic (exact) mass is 260 g/mol. The van der Waals surface area contributed by atoms with Gasteiger partial charge in [0.1, 0.15) is 0 Å². The van der Waals surface area contributed by atoms with Gasteiger partial charge in [-0.2, -0.15) is 0 Å². The van der Waals surface area contributed by atoms with Gasteiger partial charge in [-0.05, 0) is 55.6 Å². The van der Waals surface area contributed by atoms with Crippen LogP contribution in [0.25, 0.3) is 0 Å². The van der Waals surface area contributed by atoms with Gasteiger partial charge in [0.25, 0.3) is 0 Å². The Morgan fingerprint density at radius 1 is 1.32 bits per heavy atom. The van der Waals surface area contributed by atoms with Crippen molar-refractivity contribution in [2.75, 3.05) is 0 Å². The molecule has 0 aromatic carbocycles. The lowest BCUT2D eigenvalue weighted by atomic mass is 9.71. The molecule has 0 saturated heterocycles. The summed E-state index contributed by atoms with van der Waals surface area (Å²) in [5.41, 5.74) is 9.02. The van der Waals surface area contributed by atoms with Crippen molar-refractivity contribution in [3.63, 3.8) is 0 Å². The molecule has 2 N–H and O–H groups in total. The molecule has 2 heteroatoms. The summed E-state index contributed by atoms with van der Waals surface area (Å²) in [6, 6.07) is 4.34. The maximum atomic E-state index is 6.58. The second kappa shape index (κ2) is 6.04. The number of hydrogen-bond donors (Lipinski definition) is 1. The van der Waals surface area contributed by atoms with E-state index in [9.17, 15) is 0 Å². The van der Waals surface area contributed by atoms with Crippen LogP contribution in [-0.4, -0.2) is 10.5 Å². The zero-order valence-electron chi connectivity index (χ0n) is 12.7. The first kappa shape index (κ1) is 14.5. The third-order valence-corrected chi connectivity index (χ3v) is 4.80. The van der Waals surface area contributed by atoms with Crippen molar-refractivity contribution in [1.29, 1.82) is 0 Å². The average Bonchev–Trinajstić information content (AvgIpc) is 2.40. The fourth-order valence-corrected chi connectivity index (χ4v) is 3.19. The largest absolute Gasteiger partial charge is 0.325 e. The molecule has 0 unspecified atom stereocenters. The van der Waals surface area contributed by atoms with Gasteiger partial charge in [0.2, 0.25) is 0 Å². The van der Waals surface area contributed by atoms with E-state index in [1.807, 2.05) is 6.20 Å². The minimum atomic E-state index is -0.0217. The zero-order chi connectivity index (χ0) is 13.9. The number of aryl methyl sites for hydroxylation is 1. The lowest BCUT2D eigenvalue weighted by Crippen LogP contribution is -2.46. The summed E-state index contributed by atoms with van der Waals surface area (Å²) in [5, 5.41) is 0. The Balaban J connectivity index is 1.94. The highest BCUT2D eigenvalue weighted by Crippen LogP contribution is 2.35. The lowest BCUT2D eigenvalue weighted by Gasteiger charge is -2.38. The SMILES string of the molecule is CCc1ccc(CC2(N)CCC(C(C)C)CC2)nc1. The molecule has 0 amide bonds. The summed E-state index contributed by atoms with van der Waals surface area (Å²) in [5.74, 6) is 1.67. The molecule has 106 valence electrons. The number of nitrogens with zero attached hydrogens (tertiary/aromatic N) is 1. The molecule has 2 nitrogen and oxygen atoms in total. The third kappa shape index (κ3) is 3.79. The first-order valence-corrected chi connectivity index (χ1v) is 7.75. The molecule has 1 fully saturated rings. The summed E-state index contributed by atoms with van der Waals surface area (Å²) in [7, 11) is 0. The molecule has 0 spiro atoms. The Labute approximate surface area is 117 Å². The maximum absolute atomic E-state index is 6.58. The molecule has 2 rings (SSSR count). The fourth-order valence-electron chi connectivity index (χ4n) is 3.19. The Bertz CT molecular complexity index is 386. The van der Waals surface area contributed by atoms with Crippen LogP contribution in [0.5, 0.6) is 0 Å². The van der Waals surface area contributed by atoms with Gasteiger partial charge < -0.3 is 5.73 Å². The molecule has 19 heavy (non-hydrogen) atoms. The van der Waals surface area contributed by atoms with Crippen molar-refractivity contribution in [2.45, 2.75) is 64.8 Å². The predicted octanol–water partition coefficient (Wildman–Crippen LogP) is 3.73. The zero-order valence-corrected chi connectivity index (χ0v) is 12.7. The summed E-state index contributed by atoms with van der Waals surface area (Å²) in [6.07, 6.45) is 8.83. The summed E-state index contributed by atoms with van der Waals surface area (Å²) in [6.45, 7) is 6.83. The number of rotatable bonds is 4. The van der Waals surface area contributed by atoms with E-state index in [0.717, 1.165) is 43.2 Å². The van der Waals surface area contributed by atoms with Crippen LogP contribution in [0.2, 0.25) is 0 Å². The van der Waals surface area contributed by atoms with Gasteiger partial charge in [-0.1, -0.05) is 26.8 Å². The van der Waals surface area contributed by atoms with Crippen molar-refractivity contribution in [2.24, 2.45) is 17.6 Å². The van der Waals surface area contributed by atoms with Gasteiger partial charge in [0.05, 0.1) is 0 Å². The van der Waals surface area contributed by atoms with Gasteiger partial charge in [-0.3, -0.25) is 4.98 Å². The van der Waals surface area contributed by atoms with Crippen LogP contribution in [0.15, 0.2) is 18.3 Å². The van der Waals surface area contributed by atoms with Crippen LogP contribution in [0, 0.1) is 11.8 Å². The van der Waals surface area contributed by atoms with Crippen molar-refractivity contribution < 1.29 is 0 Å². The highest BCUT2D eigenvalue weighted by atomic mass is 14.8. The van der Waals surface area contributed by atoms with Gasteiger partial charge in [-0.25, -0.2) is 0 Å². The molecule has 0 aliphatic heterocycles. The lowest BCUT2D eigenvalue weighted by molar-refractivity contribution is 0.193. The average molecular weight is 260 g/mol. The molecule has 1 heterocycles. The predicted molar refractivity (Wildman–Crippen MR) is 81.0 cm³/mol. The second-order valence-electron chi connectivity index (χ2n) is 6.63. The van der Waals surface area contributed by atoms with Gasteiger partial charge >= 0.3 is 0 Å². The molecule has 1 saturated carbocycles. The summed E-state index contributed by atoms with van der Waals surface area (Å²) >= 11 is 0. The Hall–Kier alpha value is -0.890. The van der Waals surface area contributed by atoms with Crippen LogP contribution in [-0.2, 0) is 12.8 Å². The molecule has 0 bridgehead atoms. The van der Waals surface area contributed by atoms with Crippen LogP contribution < -0.4 is 5.73 Å². The van der Waals surface area contributed by atoms with E-state index in [2.05, 4.69) is 37.9 Å². The molecular formula is C17H28N2. The number of aromatic nitrogens is 1. The quantitative estimate of drug-likeness (QED) is 0.896. The Kier molecular flexibility index (Phi) is 4.62. The highest BCUT2D eigenvalue weighted by molar-refractivity contribution is 5.16. The van der Waals surface area contributed by atoms with Crippen LogP contribution in [0.1, 0.15) is 57.7 Å². The summed E-state index contributed by atoms with van der Waals surface area (Å²) < 4.78 is 0. The topological polar surface area (TPSA) is 38.9 Å². The maximum Gasteiger partial charge on any atom is 0.0422 e. The van der Waals surface area contributed by atoms with E-state index in [4.69, 9.17) is 5.73 Å². The van der Waals surface area contributed by atoms with Crippen molar-refractivity contribution >= 4 is 0 Å². The van der Waals surface area contributed by atoms with Gasteiger partial charge in [0.15, 0.2) is 0 Å². The van der Waals surface area contributed by atoms with Gasteiger partial charge in [-0.15, -0.1) is 0 Å². The minimum absolute atomic E-state index is 0.0217. The standard InChI is InChI=1S/C17H28N2/c1-4-14-5-6-16(19-12-14)11-17(18)9-7-15(8-10-17)13(2)3/h5-6,12-13,15H,4,7-11,18H2,1-3H3. The van der Waals surface area contributed by atoms with E-state index >= 15 is 0 Å². The smallest absolute Gasteiger partial charge is 0.0422 e. The number of hydrogen-bond acceptors (Lipinski definition) is 2. The Morgan fingerprint density at radius 2 is 2.00 bits per heavy atom. The van der Waals surface area contributed by atoms with E-state index in [0.29, 0.717) is 0 Å². The van der Waals surface area contributed by atoms with Crippen LogP contribution >= 0.6 is 0 Å². The first-order valence-electron chi connectivity index (χ1n) is 7.75. The molecule has 1 aliphatic rings. The fraction of sp³-hybridized carbons (Fsp3) is 0.706. The number of nitrogens with two attached hydrogens (primary N) is 1. The van der Waals surface area contributed by atoms with Crippen molar-refractivity contribution in [3.05, 3.63) is 29.6 Å². The van der Waals surface area contributed by atoms with Gasteiger partial charge in [0, 0.05) is 23.9 Å². The highest BCUT2D eigenvalue weighted by Gasteiger charge is 2.33. The van der Waals surface area contributed by atoms with E-state index in [-0.39, 0.29) is 5.54 Å². The first-order chi connectivity index (χ1) is 9.02. The van der Waals surface area contributed by atoms with Crippen molar-refractivity contribution in [3.8, 4) is 0 Å². The minimum Gasteiger partial charge on any atom is -0.325 e. The van der Waals surface area contributed by atoms with Crippen LogP contribution in [0.3, 0.4) is 0 Å². The molecular weight excluding hydrogens is 232 g/mol. The Morgan fingerprint density at radius 3 is 2.47 bits per heavy atom. The molecule has 0 radical (unpaired) electrons. The third-order valence-electron chi connectivity index (χ3n) is 4.80. The number of pyridine rings is 1. The second-order valence-corrected chi connectivity index (χ2v) is 6.63. The van der Waals surface area contributed by atoms with Crippen LogP contribution in [0.4, 0.5) is 0 Å².